The van der Waals surface area contributed by atoms with Crippen molar-refractivity contribution in [2.75, 3.05) is 12.3 Å². The molecule has 3 N–H and O–H groups in total. The highest BCUT2D eigenvalue weighted by molar-refractivity contribution is 5.46. The molecule has 100 valence electrons. The molecule has 0 fully saturated rings. The third-order valence-corrected chi connectivity index (χ3v) is 3.87. The van der Waals surface area contributed by atoms with E-state index in [0.29, 0.717) is 0 Å². The van der Waals surface area contributed by atoms with Crippen LogP contribution in [-0.2, 0) is 19.5 Å². The number of aromatic amines is 1. The Balaban J connectivity index is 1.52. The first-order valence-electron chi connectivity index (χ1n) is 6.81. The summed E-state index contributed by atoms with van der Waals surface area (Å²) in [5.74, 6) is 0. The molecule has 0 radical (unpaired) electrons. The van der Waals surface area contributed by atoms with Crippen LogP contribution < -0.4 is 5.73 Å². The van der Waals surface area contributed by atoms with Gasteiger partial charge in [-0.1, -0.05) is 6.07 Å². The van der Waals surface area contributed by atoms with E-state index in [1.54, 1.807) is 0 Å². The van der Waals surface area contributed by atoms with Crippen molar-refractivity contribution in [1.82, 2.24) is 15.1 Å². The van der Waals surface area contributed by atoms with Crippen LogP contribution in [-0.4, -0.2) is 21.6 Å². The van der Waals surface area contributed by atoms with Crippen LogP contribution in [0.4, 0.5) is 5.69 Å². The van der Waals surface area contributed by atoms with E-state index < -0.39 is 0 Å². The van der Waals surface area contributed by atoms with Crippen LogP contribution in [0.2, 0.25) is 0 Å². The molecule has 0 unspecified atom stereocenters. The van der Waals surface area contributed by atoms with Crippen molar-refractivity contribution in [1.29, 1.82) is 0 Å². The quantitative estimate of drug-likeness (QED) is 0.825. The highest BCUT2D eigenvalue weighted by Crippen LogP contribution is 2.24. The molecule has 2 heterocycles. The van der Waals surface area contributed by atoms with Gasteiger partial charge in [-0.2, -0.15) is 5.10 Å². The second kappa shape index (κ2) is 5.05. The number of fused-ring (bicyclic) bond motifs is 1. The summed E-state index contributed by atoms with van der Waals surface area (Å²) in [7, 11) is 0. The first kappa shape index (κ1) is 12.2. The van der Waals surface area contributed by atoms with E-state index in [-0.39, 0.29) is 0 Å². The predicted molar refractivity (Wildman–Crippen MR) is 76.6 cm³/mol. The number of benzene rings is 1. The Morgan fingerprint density at radius 3 is 2.95 bits per heavy atom. The number of nitrogen functional groups attached to an aromatic ring is 1. The van der Waals surface area contributed by atoms with Crippen LogP contribution in [0.15, 0.2) is 24.4 Å². The van der Waals surface area contributed by atoms with E-state index in [9.17, 15) is 0 Å². The lowest BCUT2D eigenvalue weighted by molar-refractivity contribution is 0.280. The minimum atomic E-state index is 0.870. The Hall–Kier alpha value is -1.81. The van der Waals surface area contributed by atoms with Gasteiger partial charge in [-0.15, -0.1) is 0 Å². The van der Waals surface area contributed by atoms with Gasteiger partial charge in [-0.05, 0) is 55.1 Å². The average molecular weight is 256 g/mol. The van der Waals surface area contributed by atoms with Gasteiger partial charge in [-0.3, -0.25) is 10.00 Å². The molecule has 0 aliphatic carbocycles. The fourth-order valence-corrected chi connectivity index (χ4v) is 2.76. The van der Waals surface area contributed by atoms with Gasteiger partial charge in [0, 0.05) is 24.5 Å². The lowest BCUT2D eigenvalue weighted by atomic mass is 10.1. The molecule has 0 bridgehead atoms. The average Bonchev–Trinajstić information content (AvgIpc) is 2.95. The maximum Gasteiger partial charge on any atom is 0.0522 e. The summed E-state index contributed by atoms with van der Waals surface area (Å²) >= 11 is 0. The van der Waals surface area contributed by atoms with Gasteiger partial charge in [0.25, 0.3) is 0 Å². The summed E-state index contributed by atoms with van der Waals surface area (Å²) in [6.45, 7) is 5.29. The molecular weight excluding hydrogens is 236 g/mol. The Morgan fingerprint density at radius 1 is 1.32 bits per heavy atom. The van der Waals surface area contributed by atoms with E-state index in [2.05, 4.69) is 34.2 Å². The fraction of sp³-hybridized carbons (Fsp3) is 0.400. The number of nitrogens with one attached hydrogen (secondary N) is 1. The van der Waals surface area contributed by atoms with Crippen LogP contribution in [0.25, 0.3) is 0 Å². The fourth-order valence-electron chi connectivity index (χ4n) is 2.76. The molecule has 3 rings (SSSR count). The number of anilines is 1. The minimum absolute atomic E-state index is 0.870. The Kier molecular flexibility index (Phi) is 3.25. The number of aromatic nitrogens is 2. The van der Waals surface area contributed by atoms with Gasteiger partial charge in [0.2, 0.25) is 0 Å². The molecule has 4 heteroatoms. The number of aryl methyl sites for hydroxylation is 2. The molecule has 4 nitrogen and oxygen atoms in total. The zero-order chi connectivity index (χ0) is 13.2. The maximum atomic E-state index is 5.83. The number of hydrogen-bond acceptors (Lipinski definition) is 3. The van der Waals surface area contributed by atoms with E-state index in [0.717, 1.165) is 31.7 Å². The number of nitrogens with zero attached hydrogens (tertiary/aromatic N) is 2. The van der Waals surface area contributed by atoms with Gasteiger partial charge in [0.15, 0.2) is 0 Å². The summed E-state index contributed by atoms with van der Waals surface area (Å²) in [4.78, 5) is 2.49. The summed E-state index contributed by atoms with van der Waals surface area (Å²) in [6, 6.07) is 6.26. The number of nitrogens with two attached hydrogens (primary N) is 1. The molecule has 0 saturated heterocycles. The number of rotatable bonds is 4. The summed E-state index contributed by atoms with van der Waals surface area (Å²) < 4.78 is 0. The third kappa shape index (κ3) is 2.63. The highest BCUT2D eigenvalue weighted by atomic mass is 15.1. The van der Waals surface area contributed by atoms with E-state index in [1.165, 1.54) is 28.8 Å². The summed E-state index contributed by atoms with van der Waals surface area (Å²) in [6.07, 6.45) is 4.20. The standard InChI is InChI=1S/C15H20N4/c1-11-12(8-17-18-11)3-2-6-19-9-13-4-5-15(16)7-14(13)10-19/h4-5,7-8H,2-3,6,9-10,16H2,1H3,(H,17,18). The molecule has 2 aromatic rings. The van der Waals surface area contributed by atoms with Crippen molar-refractivity contribution < 1.29 is 0 Å². The Labute approximate surface area is 113 Å². The topological polar surface area (TPSA) is 57.9 Å². The molecule has 1 aromatic carbocycles. The van der Waals surface area contributed by atoms with Crippen LogP contribution in [0.1, 0.15) is 28.8 Å². The maximum absolute atomic E-state index is 5.83. The molecule has 0 saturated carbocycles. The minimum Gasteiger partial charge on any atom is -0.399 e. The largest absolute Gasteiger partial charge is 0.399 e. The van der Waals surface area contributed by atoms with Crippen molar-refractivity contribution in [3.05, 3.63) is 46.8 Å². The van der Waals surface area contributed by atoms with Crippen molar-refractivity contribution in [3.63, 3.8) is 0 Å². The first-order chi connectivity index (χ1) is 9.22. The molecule has 1 aromatic heterocycles. The van der Waals surface area contributed by atoms with Gasteiger partial charge in [0.05, 0.1) is 6.20 Å². The van der Waals surface area contributed by atoms with Crippen molar-refractivity contribution in [2.24, 2.45) is 0 Å². The predicted octanol–water partition coefficient (Wildman–Crippen LogP) is 2.25. The van der Waals surface area contributed by atoms with E-state index >= 15 is 0 Å². The summed E-state index contributed by atoms with van der Waals surface area (Å²) in [5.41, 5.74) is 12.0. The lowest BCUT2D eigenvalue weighted by Gasteiger charge is -2.14. The van der Waals surface area contributed by atoms with Crippen LogP contribution in [0.3, 0.4) is 0 Å². The molecule has 0 atom stereocenters. The smallest absolute Gasteiger partial charge is 0.0522 e. The van der Waals surface area contributed by atoms with Crippen LogP contribution in [0.5, 0.6) is 0 Å². The second-order valence-corrected chi connectivity index (χ2v) is 5.36. The van der Waals surface area contributed by atoms with Crippen LogP contribution >= 0.6 is 0 Å². The van der Waals surface area contributed by atoms with Crippen molar-refractivity contribution in [2.45, 2.75) is 32.9 Å². The van der Waals surface area contributed by atoms with E-state index in [4.69, 9.17) is 5.73 Å². The molecule has 1 aliphatic heterocycles. The summed E-state index contributed by atoms with van der Waals surface area (Å²) in [5, 5.41) is 7.05. The highest BCUT2D eigenvalue weighted by Gasteiger charge is 2.18. The molecule has 0 amide bonds. The molecule has 19 heavy (non-hydrogen) atoms. The van der Waals surface area contributed by atoms with Crippen LogP contribution in [0, 0.1) is 6.92 Å². The zero-order valence-electron chi connectivity index (χ0n) is 11.3. The first-order valence-corrected chi connectivity index (χ1v) is 6.81. The normalized spacial score (nSPS) is 14.8. The monoisotopic (exact) mass is 256 g/mol. The van der Waals surface area contributed by atoms with Crippen molar-refractivity contribution in [3.8, 4) is 0 Å². The van der Waals surface area contributed by atoms with Crippen molar-refractivity contribution >= 4 is 5.69 Å². The lowest BCUT2D eigenvalue weighted by Crippen LogP contribution is -2.18. The molecule has 1 aliphatic rings. The van der Waals surface area contributed by atoms with Gasteiger partial charge in [-0.25, -0.2) is 0 Å². The zero-order valence-corrected chi connectivity index (χ0v) is 11.3. The van der Waals surface area contributed by atoms with Gasteiger partial charge in [0.1, 0.15) is 0 Å². The molecule has 0 spiro atoms. The van der Waals surface area contributed by atoms with Gasteiger partial charge < -0.3 is 5.73 Å². The second-order valence-electron chi connectivity index (χ2n) is 5.36. The van der Waals surface area contributed by atoms with Gasteiger partial charge >= 0.3 is 0 Å². The number of H-pyrrole nitrogens is 1. The Morgan fingerprint density at radius 2 is 2.16 bits per heavy atom. The SMILES string of the molecule is Cc1[nH]ncc1CCCN1Cc2ccc(N)cc2C1. The van der Waals surface area contributed by atoms with E-state index in [1.807, 2.05) is 12.3 Å². The molecular formula is C15H20N4. The number of hydrogen-bond donors (Lipinski definition) is 2. The third-order valence-electron chi connectivity index (χ3n) is 3.87. The Bertz CT molecular complexity index is 573.